The lowest BCUT2D eigenvalue weighted by Gasteiger charge is -2.10. The molecule has 2 aromatic heterocycles. The van der Waals surface area contributed by atoms with E-state index in [0.717, 1.165) is 12.1 Å². The van der Waals surface area contributed by atoms with Crippen LogP contribution in [0.15, 0.2) is 52.5 Å². The molecular formula is C15H10BrF3N4OS. The summed E-state index contributed by atoms with van der Waals surface area (Å²) in [5.41, 5.74) is -0.494. The summed E-state index contributed by atoms with van der Waals surface area (Å²) in [4.78, 5) is 12.3. The first kappa shape index (κ1) is 17.7. The van der Waals surface area contributed by atoms with Crippen LogP contribution in [-0.2, 0) is 17.0 Å². The van der Waals surface area contributed by atoms with Crippen molar-refractivity contribution in [1.82, 2.24) is 19.5 Å². The molecule has 130 valence electrons. The van der Waals surface area contributed by atoms with Gasteiger partial charge in [0, 0.05) is 24.2 Å². The molecule has 0 amide bonds. The Kier molecular flexibility index (Phi) is 4.74. The number of alkyl halides is 3. The SMILES string of the molecule is CS(=O)c1nccc(-n2cc(Br)nc2-c2cccc(C(F)(F)F)c2)n1. The van der Waals surface area contributed by atoms with Crippen LogP contribution in [0.25, 0.3) is 17.2 Å². The molecule has 10 heteroatoms. The Labute approximate surface area is 151 Å². The van der Waals surface area contributed by atoms with Crippen molar-refractivity contribution in [1.29, 1.82) is 0 Å². The summed E-state index contributed by atoms with van der Waals surface area (Å²) in [5.74, 6) is 0.621. The van der Waals surface area contributed by atoms with Crippen molar-refractivity contribution in [2.24, 2.45) is 0 Å². The van der Waals surface area contributed by atoms with Gasteiger partial charge in [-0.2, -0.15) is 13.2 Å². The van der Waals surface area contributed by atoms with E-state index in [9.17, 15) is 17.4 Å². The summed E-state index contributed by atoms with van der Waals surface area (Å²) in [6, 6.07) is 6.42. The molecule has 2 heterocycles. The minimum atomic E-state index is -4.45. The average Bonchev–Trinajstić information content (AvgIpc) is 2.96. The van der Waals surface area contributed by atoms with Crippen LogP contribution in [0.4, 0.5) is 13.2 Å². The zero-order valence-corrected chi connectivity index (χ0v) is 15.1. The van der Waals surface area contributed by atoms with Crippen molar-refractivity contribution in [2.45, 2.75) is 11.3 Å². The molecule has 3 rings (SSSR count). The maximum absolute atomic E-state index is 13.0. The minimum Gasteiger partial charge on any atom is -0.283 e. The fraction of sp³-hybridized carbons (Fsp3) is 0.133. The molecule has 0 fully saturated rings. The monoisotopic (exact) mass is 430 g/mol. The molecular weight excluding hydrogens is 421 g/mol. The third-order valence-electron chi connectivity index (χ3n) is 3.25. The summed E-state index contributed by atoms with van der Waals surface area (Å²) < 4.78 is 52.4. The van der Waals surface area contributed by atoms with Crippen LogP contribution in [-0.4, -0.2) is 30.0 Å². The number of aromatic nitrogens is 4. The summed E-state index contributed by atoms with van der Waals surface area (Å²) >= 11 is 3.23. The maximum atomic E-state index is 13.0. The van der Waals surface area contributed by atoms with Crippen LogP contribution in [0, 0.1) is 0 Å². The highest BCUT2D eigenvalue weighted by Crippen LogP contribution is 2.32. The van der Waals surface area contributed by atoms with E-state index in [1.165, 1.54) is 29.2 Å². The quantitative estimate of drug-likeness (QED) is 0.592. The lowest BCUT2D eigenvalue weighted by molar-refractivity contribution is -0.137. The van der Waals surface area contributed by atoms with Gasteiger partial charge in [0.1, 0.15) is 16.2 Å². The first-order valence-corrected chi connectivity index (χ1v) is 9.20. The second-order valence-electron chi connectivity index (χ2n) is 4.99. The van der Waals surface area contributed by atoms with Crippen LogP contribution in [0.1, 0.15) is 5.56 Å². The number of hydrogen-bond acceptors (Lipinski definition) is 4. The fourth-order valence-corrected chi connectivity index (χ4v) is 2.97. The largest absolute Gasteiger partial charge is 0.416 e. The normalized spacial score (nSPS) is 13.0. The maximum Gasteiger partial charge on any atom is 0.416 e. The number of halogens is 4. The number of rotatable bonds is 3. The molecule has 1 unspecified atom stereocenters. The number of nitrogens with zero attached hydrogens (tertiary/aromatic N) is 4. The second kappa shape index (κ2) is 6.68. The predicted octanol–water partition coefficient (Wildman–Crippen LogP) is 3.85. The molecule has 1 aromatic carbocycles. The van der Waals surface area contributed by atoms with Gasteiger partial charge in [0.2, 0.25) is 5.16 Å². The molecule has 0 aliphatic carbocycles. The van der Waals surface area contributed by atoms with Crippen LogP contribution in [0.2, 0.25) is 0 Å². The molecule has 0 spiro atoms. The summed E-state index contributed by atoms with van der Waals surface area (Å²) in [6.45, 7) is 0. The smallest absolute Gasteiger partial charge is 0.283 e. The summed E-state index contributed by atoms with van der Waals surface area (Å²) in [5, 5.41) is 0.123. The van der Waals surface area contributed by atoms with E-state index in [0.29, 0.717) is 10.4 Å². The van der Waals surface area contributed by atoms with Gasteiger partial charge in [-0.05, 0) is 34.1 Å². The molecule has 0 saturated carbocycles. The van der Waals surface area contributed by atoms with Gasteiger partial charge < -0.3 is 0 Å². The van der Waals surface area contributed by atoms with Crippen LogP contribution in [0.5, 0.6) is 0 Å². The van der Waals surface area contributed by atoms with Crippen LogP contribution < -0.4 is 0 Å². The predicted molar refractivity (Wildman–Crippen MR) is 89.6 cm³/mol. The van der Waals surface area contributed by atoms with Crippen molar-refractivity contribution < 1.29 is 17.4 Å². The van der Waals surface area contributed by atoms with Gasteiger partial charge in [-0.15, -0.1) is 0 Å². The zero-order chi connectivity index (χ0) is 18.2. The van der Waals surface area contributed by atoms with Gasteiger partial charge in [0.15, 0.2) is 0 Å². The van der Waals surface area contributed by atoms with Crippen molar-refractivity contribution in [3.8, 4) is 17.2 Å². The molecule has 0 saturated heterocycles. The number of imidazole rings is 1. The lowest BCUT2D eigenvalue weighted by Crippen LogP contribution is -2.06. The molecule has 0 N–H and O–H groups in total. The van der Waals surface area contributed by atoms with E-state index in [1.54, 1.807) is 12.3 Å². The van der Waals surface area contributed by atoms with Crippen LogP contribution in [0.3, 0.4) is 0 Å². The van der Waals surface area contributed by atoms with Gasteiger partial charge in [0.25, 0.3) is 0 Å². The molecule has 0 aliphatic rings. The first-order valence-electron chi connectivity index (χ1n) is 6.85. The van der Waals surface area contributed by atoms with Crippen molar-refractivity contribution in [3.63, 3.8) is 0 Å². The first-order chi connectivity index (χ1) is 11.8. The summed E-state index contributed by atoms with van der Waals surface area (Å²) in [6.07, 6.45) is -0.00824. The van der Waals surface area contributed by atoms with Crippen molar-refractivity contribution in [3.05, 3.63) is 52.9 Å². The third kappa shape index (κ3) is 3.79. The van der Waals surface area contributed by atoms with E-state index in [1.807, 2.05) is 0 Å². The van der Waals surface area contributed by atoms with Crippen molar-refractivity contribution >= 4 is 26.7 Å². The van der Waals surface area contributed by atoms with Crippen LogP contribution >= 0.6 is 15.9 Å². The van der Waals surface area contributed by atoms with Gasteiger partial charge >= 0.3 is 6.18 Å². The lowest BCUT2D eigenvalue weighted by atomic mass is 10.1. The number of hydrogen-bond donors (Lipinski definition) is 0. The van der Waals surface area contributed by atoms with Crippen molar-refractivity contribution in [2.75, 3.05) is 6.26 Å². The van der Waals surface area contributed by atoms with Gasteiger partial charge in [-0.1, -0.05) is 12.1 Å². The van der Waals surface area contributed by atoms with E-state index in [-0.39, 0.29) is 16.5 Å². The Balaban J connectivity index is 2.14. The second-order valence-corrected chi connectivity index (χ2v) is 7.07. The van der Waals surface area contributed by atoms with Gasteiger partial charge in [-0.3, -0.25) is 8.78 Å². The minimum absolute atomic E-state index is 0.123. The molecule has 3 aromatic rings. The molecule has 0 bridgehead atoms. The third-order valence-corrected chi connectivity index (χ3v) is 4.34. The Bertz CT molecular complexity index is 958. The van der Waals surface area contributed by atoms with E-state index >= 15 is 0 Å². The van der Waals surface area contributed by atoms with Gasteiger partial charge in [-0.25, -0.2) is 15.0 Å². The standard InChI is InChI=1S/C15H10BrF3N4OS/c1-25(24)14-20-6-5-12(22-14)23-8-11(16)21-13(23)9-3-2-4-10(7-9)15(17,18)19/h2-8H,1H3. The average molecular weight is 431 g/mol. The topological polar surface area (TPSA) is 60.7 Å². The Hall–Kier alpha value is -2.07. The Morgan fingerprint density at radius 3 is 2.64 bits per heavy atom. The van der Waals surface area contributed by atoms with E-state index < -0.39 is 22.5 Å². The fourth-order valence-electron chi connectivity index (χ4n) is 2.17. The van der Waals surface area contributed by atoms with E-state index in [2.05, 4.69) is 30.9 Å². The highest BCUT2D eigenvalue weighted by Gasteiger charge is 2.30. The Morgan fingerprint density at radius 1 is 1.20 bits per heavy atom. The van der Waals surface area contributed by atoms with Gasteiger partial charge in [0.05, 0.1) is 16.4 Å². The Morgan fingerprint density at radius 2 is 1.96 bits per heavy atom. The highest BCUT2D eigenvalue weighted by atomic mass is 79.9. The highest BCUT2D eigenvalue weighted by molar-refractivity contribution is 9.10. The molecule has 1 atom stereocenters. The summed E-state index contributed by atoms with van der Waals surface area (Å²) in [7, 11) is -1.39. The molecule has 0 aliphatic heterocycles. The molecule has 0 radical (unpaired) electrons. The molecule has 25 heavy (non-hydrogen) atoms. The molecule has 5 nitrogen and oxygen atoms in total. The number of benzene rings is 1. The van der Waals surface area contributed by atoms with E-state index in [4.69, 9.17) is 0 Å². The zero-order valence-electron chi connectivity index (χ0n) is 12.7.